The molecule has 0 radical (unpaired) electrons. The van der Waals surface area contributed by atoms with Gasteiger partial charge in [0.05, 0.1) is 13.2 Å². The van der Waals surface area contributed by atoms with Gasteiger partial charge >= 0.3 is 0 Å². The third-order valence-electron chi connectivity index (χ3n) is 4.45. The number of fused-ring (bicyclic) bond motifs is 1. The topological polar surface area (TPSA) is 87.7 Å². The first-order valence-corrected chi connectivity index (χ1v) is 8.53. The standard InChI is InChI=1S/C18H26N2O4/c1-24-14-9-10-15-13(12-14)8-11-16(15)19-17(21)6-4-2-3-5-7-18(22)20-23/h9-10,12,16,23H,2-8,11H2,1H3,(H,19,21)(H,20,22). The van der Waals surface area contributed by atoms with Gasteiger partial charge in [-0.15, -0.1) is 0 Å². The summed E-state index contributed by atoms with van der Waals surface area (Å²) < 4.78 is 5.24. The van der Waals surface area contributed by atoms with Crippen molar-refractivity contribution in [1.82, 2.24) is 10.8 Å². The van der Waals surface area contributed by atoms with Crippen LogP contribution in [0.5, 0.6) is 5.75 Å². The summed E-state index contributed by atoms with van der Waals surface area (Å²) in [4.78, 5) is 22.9. The maximum atomic E-state index is 12.1. The molecule has 2 rings (SSSR count). The summed E-state index contributed by atoms with van der Waals surface area (Å²) in [6.07, 6.45) is 6.06. The van der Waals surface area contributed by atoms with E-state index in [1.54, 1.807) is 12.6 Å². The van der Waals surface area contributed by atoms with Crippen molar-refractivity contribution in [2.45, 2.75) is 57.4 Å². The Balaban J connectivity index is 1.66. The molecule has 6 nitrogen and oxygen atoms in total. The van der Waals surface area contributed by atoms with E-state index in [4.69, 9.17) is 9.94 Å². The molecule has 0 bridgehead atoms. The summed E-state index contributed by atoms with van der Waals surface area (Å²) >= 11 is 0. The van der Waals surface area contributed by atoms with Crippen LogP contribution in [-0.2, 0) is 16.0 Å². The van der Waals surface area contributed by atoms with E-state index in [0.717, 1.165) is 44.3 Å². The molecule has 1 aromatic carbocycles. The van der Waals surface area contributed by atoms with Crippen molar-refractivity contribution >= 4 is 11.8 Å². The van der Waals surface area contributed by atoms with Gasteiger partial charge in [-0.25, -0.2) is 5.48 Å². The molecule has 1 aliphatic carbocycles. The van der Waals surface area contributed by atoms with E-state index < -0.39 is 0 Å². The van der Waals surface area contributed by atoms with Crippen LogP contribution in [0.2, 0.25) is 0 Å². The lowest BCUT2D eigenvalue weighted by Gasteiger charge is -2.14. The number of ether oxygens (including phenoxy) is 1. The molecule has 1 unspecified atom stereocenters. The van der Waals surface area contributed by atoms with Crippen molar-refractivity contribution in [3.63, 3.8) is 0 Å². The minimum atomic E-state index is -0.357. The Labute approximate surface area is 142 Å². The van der Waals surface area contributed by atoms with Gasteiger partial charge in [0.15, 0.2) is 0 Å². The highest BCUT2D eigenvalue weighted by Crippen LogP contribution is 2.33. The predicted molar refractivity (Wildman–Crippen MR) is 89.8 cm³/mol. The van der Waals surface area contributed by atoms with Gasteiger partial charge in [0.2, 0.25) is 11.8 Å². The quantitative estimate of drug-likeness (QED) is 0.368. The molecular formula is C18H26N2O4. The first kappa shape index (κ1) is 18.3. The fraction of sp³-hybridized carbons (Fsp3) is 0.556. The Kier molecular flexibility index (Phi) is 7.06. The van der Waals surface area contributed by atoms with E-state index in [1.165, 1.54) is 11.1 Å². The van der Waals surface area contributed by atoms with Gasteiger partial charge in [0.1, 0.15) is 5.75 Å². The van der Waals surface area contributed by atoms with Crippen molar-refractivity contribution in [2.24, 2.45) is 0 Å². The number of carbonyl (C=O) groups excluding carboxylic acids is 2. The van der Waals surface area contributed by atoms with Gasteiger partial charge in [0, 0.05) is 12.8 Å². The first-order valence-electron chi connectivity index (χ1n) is 8.53. The number of rotatable bonds is 9. The first-order chi connectivity index (χ1) is 11.6. The molecule has 132 valence electrons. The molecule has 2 amide bonds. The van der Waals surface area contributed by atoms with Crippen LogP contribution in [0, 0.1) is 0 Å². The largest absolute Gasteiger partial charge is 0.497 e. The van der Waals surface area contributed by atoms with E-state index in [9.17, 15) is 9.59 Å². The number of hydrogen-bond acceptors (Lipinski definition) is 4. The molecule has 0 saturated carbocycles. The van der Waals surface area contributed by atoms with E-state index in [-0.39, 0.29) is 17.9 Å². The van der Waals surface area contributed by atoms with Crippen LogP contribution >= 0.6 is 0 Å². The van der Waals surface area contributed by atoms with E-state index >= 15 is 0 Å². The van der Waals surface area contributed by atoms with Crippen LogP contribution in [0.3, 0.4) is 0 Å². The second-order valence-corrected chi connectivity index (χ2v) is 6.17. The molecule has 6 heteroatoms. The summed E-state index contributed by atoms with van der Waals surface area (Å²) in [7, 11) is 1.66. The molecule has 0 heterocycles. The number of nitrogens with one attached hydrogen (secondary N) is 2. The highest BCUT2D eigenvalue weighted by Gasteiger charge is 2.24. The Morgan fingerprint density at radius 2 is 1.88 bits per heavy atom. The lowest BCUT2D eigenvalue weighted by atomic mass is 10.1. The molecule has 3 N–H and O–H groups in total. The summed E-state index contributed by atoms with van der Waals surface area (Å²) in [5.41, 5.74) is 4.06. The number of unbranched alkanes of at least 4 members (excludes halogenated alkanes) is 3. The second-order valence-electron chi connectivity index (χ2n) is 6.17. The second kappa shape index (κ2) is 9.27. The van der Waals surface area contributed by atoms with Crippen LogP contribution in [-0.4, -0.2) is 24.1 Å². The zero-order chi connectivity index (χ0) is 17.4. The zero-order valence-corrected chi connectivity index (χ0v) is 14.1. The third-order valence-corrected chi connectivity index (χ3v) is 4.45. The van der Waals surface area contributed by atoms with Crippen molar-refractivity contribution in [1.29, 1.82) is 0 Å². The Hall–Kier alpha value is -2.08. The molecule has 1 atom stereocenters. The minimum absolute atomic E-state index is 0.0803. The third kappa shape index (κ3) is 5.23. The number of amides is 2. The number of aryl methyl sites for hydroxylation is 1. The molecule has 1 aliphatic rings. The van der Waals surface area contributed by atoms with Crippen molar-refractivity contribution < 1.29 is 19.5 Å². The highest BCUT2D eigenvalue weighted by molar-refractivity contribution is 5.76. The van der Waals surface area contributed by atoms with Crippen LogP contribution in [0.25, 0.3) is 0 Å². The van der Waals surface area contributed by atoms with Crippen LogP contribution in [0.15, 0.2) is 18.2 Å². The number of hydroxylamine groups is 1. The molecule has 24 heavy (non-hydrogen) atoms. The van der Waals surface area contributed by atoms with Gasteiger partial charge in [-0.1, -0.05) is 18.9 Å². The van der Waals surface area contributed by atoms with E-state index in [2.05, 4.69) is 5.32 Å². The predicted octanol–water partition coefficient (Wildman–Crippen LogP) is 2.64. The van der Waals surface area contributed by atoms with Crippen LogP contribution in [0.1, 0.15) is 62.1 Å². The average molecular weight is 334 g/mol. The summed E-state index contributed by atoms with van der Waals surface area (Å²) in [5, 5.41) is 11.5. The van der Waals surface area contributed by atoms with Crippen LogP contribution in [0.4, 0.5) is 0 Å². The minimum Gasteiger partial charge on any atom is -0.497 e. The van der Waals surface area contributed by atoms with Crippen molar-refractivity contribution in [2.75, 3.05) is 7.11 Å². The fourth-order valence-electron chi connectivity index (χ4n) is 3.12. The number of benzene rings is 1. The van der Waals surface area contributed by atoms with E-state index in [1.807, 2.05) is 18.2 Å². The normalized spacial score (nSPS) is 15.7. The number of methoxy groups -OCH3 is 1. The fourth-order valence-corrected chi connectivity index (χ4v) is 3.12. The number of hydrogen-bond donors (Lipinski definition) is 3. The van der Waals surface area contributed by atoms with Gasteiger partial charge in [-0.2, -0.15) is 0 Å². The summed E-state index contributed by atoms with van der Waals surface area (Å²) in [6.45, 7) is 0. The summed E-state index contributed by atoms with van der Waals surface area (Å²) in [6, 6.07) is 6.13. The highest BCUT2D eigenvalue weighted by atomic mass is 16.5. The maximum absolute atomic E-state index is 12.1. The maximum Gasteiger partial charge on any atom is 0.243 e. The molecule has 0 spiro atoms. The number of carbonyl (C=O) groups is 2. The Morgan fingerprint density at radius 1 is 1.17 bits per heavy atom. The van der Waals surface area contributed by atoms with Gasteiger partial charge in [-0.05, 0) is 48.9 Å². The van der Waals surface area contributed by atoms with Crippen molar-refractivity contribution in [3.8, 4) is 5.75 Å². The Bertz CT molecular complexity index is 574. The average Bonchev–Trinajstić information content (AvgIpc) is 2.99. The SMILES string of the molecule is COc1ccc2c(c1)CCC2NC(=O)CCCCCCC(=O)NO. The van der Waals surface area contributed by atoms with Gasteiger partial charge in [-0.3, -0.25) is 14.8 Å². The van der Waals surface area contributed by atoms with Gasteiger partial charge in [0.25, 0.3) is 0 Å². The summed E-state index contributed by atoms with van der Waals surface area (Å²) in [5.74, 6) is 0.580. The van der Waals surface area contributed by atoms with Crippen molar-refractivity contribution in [3.05, 3.63) is 29.3 Å². The molecule has 0 aliphatic heterocycles. The lowest BCUT2D eigenvalue weighted by Crippen LogP contribution is -2.26. The zero-order valence-electron chi connectivity index (χ0n) is 14.1. The molecule has 0 saturated heterocycles. The monoisotopic (exact) mass is 334 g/mol. The molecule has 0 fully saturated rings. The smallest absolute Gasteiger partial charge is 0.243 e. The van der Waals surface area contributed by atoms with E-state index in [0.29, 0.717) is 12.8 Å². The van der Waals surface area contributed by atoms with Gasteiger partial charge < -0.3 is 10.1 Å². The Morgan fingerprint density at radius 3 is 2.54 bits per heavy atom. The molecule has 1 aromatic rings. The molecule has 0 aromatic heterocycles. The molecular weight excluding hydrogens is 308 g/mol. The van der Waals surface area contributed by atoms with Crippen LogP contribution < -0.4 is 15.5 Å². The lowest BCUT2D eigenvalue weighted by molar-refractivity contribution is -0.129.